The summed E-state index contributed by atoms with van der Waals surface area (Å²) in [4.78, 5) is 2.34. The van der Waals surface area contributed by atoms with Gasteiger partial charge in [-0.15, -0.1) is 0 Å². The number of aliphatic hydroxyl groups excluding tert-OH is 1. The van der Waals surface area contributed by atoms with Crippen LogP contribution < -0.4 is 0 Å². The monoisotopic (exact) mass is 375 g/mol. The van der Waals surface area contributed by atoms with Crippen molar-refractivity contribution in [3.63, 3.8) is 0 Å². The first-order chi connectivity index (χ1) is 13.7. The highest BCUT2D eigenvalue weighted by Crippen LogP contribution is 2.36. The van der Waals surface area contributed by atoms with Gasteiger partial charge in [-0.3, -0.25) is 4.90 Å². The zero-order chi connectivity index (χ0) is 19.3. The van der Waals surface area contributed by atoms with E-state index in [1.54, 1.807) is 0 Å². The molecule has 0 spiro atoms. The highest BCUT2D eigenvalue weighted by Gasteiger charge is 2.36. The maximum atomic E-state index is 13.4. The molecule has 1 aliphatic rings. The second-order valence-corrected chi connectivity index (χ2v) is 7.77. The molecule has 1 N–H and O–H groups in total. The van der Waals surface area contributed by atoms with E-state index in [2.05, 4.69) is 53.4 Å². The van der Waals surface area contributed by atoms with Crippen LogP contribution in [-0.4, -0.2) is 29.2 Å². The Morgan fingerprint density at radius 2 is 1.39 bits per heavy atom. The average Bonchev–Trinajstić information content (AvgIpc) is 2.71. The van der Waals surface area contributed by atoms with E-state index in [0.717, 1.165) is 25.1 Å². The number of halogens is 1. The number of piperidine rings is 1. The summed E-state index contributed by atoms with van der Waals surface area (Å²) >= 11 is 0. The van der Waals surface area contributed by atoms with Crippen molar-refractivity contribution in [2.75, 3.05) is 13.1 Å². The first kappa shape index (κ1) is 18.9. The summed E-state index contributed by atoms with van der Waals surface area (Å²) in [6, 6.07) is 27.5. The molecule has 1 heterocycles. The lowest BCUT2D eigenvalue weighted by atomic mass is 9.75. The Morgan fingerprint density at radius 1 is 0.786 bits per heavy atom. The van der Waals surface area contributed by atoms with Crippen LogP contribution in [0.2, 0.25) is 0 Å². The van der Waals surface area contributed by atoms with Crippen LogP contribution in [0.3, 0.4) is 0 Å². The molecular formula is C25H26FNO. The van der Waals surface area contributed by atoms with Crippen LogP contribution in [0.25, 0.3) is 0 Å². The van der Waals surface area contributed by atoms with Gasteiger partial charge in [0, 0.05) is 25.6 Å². The average molecular weight is 375 g/mol. The largest absolute Gasteiger partial charge is 0.391 e. The minimum absolute atomic E-state index is 0.00725. The highest BCUT2D eigenvalue weighted by atomic mass is 19.1. The van der Waals surface area contributed by atoms with Crippen molar-refractivity contribution in [3.05, 3.63) is 107 Å². The predicted molar refractivity (Wildman–Crippen MR) is 111 cm³/mol. The van der Waals surface area contributed by atoms with E-state index in [9.17, 15) is 9.50 Å². The van der Waals surface area contributed by atoms with Crippen molar-refractivity contribution in [3.8, 4) is 0 Å². The molecule has 4 rings (SSSR count). The van der Waals surface area contributed by atoms with Gasteiger partial charge in [0.1, 0.15) is 5.82 Å². The Labute approximate surface area is 166 Å². The SMILES string of the molecule is OC1CN(Cc2ccccc2)CC(Cc2ccccc2)C1c1ccc(F)cc1. The Balaban J connectivity index is 1.58. The van der Waals surface area contributed by atoms with Crippen LogP contribution in [0.15, 0.2) is 84.9 Å². The standard InChI is InChI=1S/C25H26FNO/c26-23-13-11-21(12-14-23)25-22(15-19-7-3-1-4-8-19)17-27(18-24(25)28)16-20-9-5-2-6-10-20/h1-14,22,24-25,28H,15-18H2. The van der Waals surface area contributed by atoms with E-state index < -0.39 is 6.10 Å². The lowest BCUT2D eigenvalue weighted by Crippen LogP contribution is -2.48. The van der Waals surface area contributed by atoms with E-state index in [-0.39, 0.29) is 17.7 Å². The molecule has 0 saturated carbocycles. The second-order valence-electron chi connectivity index (χ2n) is 7.77. The Bertz CT molecular complexity index is 866. The predicted octanol–water partition coefficient (Wildman–Crippen LogP) is 4.64. The summed E-state index contributed by atoms with van der Waals surface area (Å²) in [6.45, 7) is 2.37. The normalized spacial score (nSPS) is 22.9. The van der Waals surface area contributed by atoms with Gasteiger partial charge in [-0.05, 0) is 41.2 Å². The fourth-order valence-electron chi connectivity index (χ4n) is 4.47. The van der Waals surface area contributed by atoms with Gasteiger partial charge in [0.05, 0.1) is 6.10 Å². The molecule has 3 aromatic rings. The summed E-state index contributed by atoms with van der Waals surface area (Å²) in [5.74, 6) is 0.0347. The van der Waals surface area contributed by atoms with Crippen molar-refractivity contribution < 1.29 is 9.50 Å². The van der Waals surface area contributed by atoms with E-state index in [4.69, 9.17) is 0 Å². The third kappa shape index (κ3) is 4.49. The first-order valence-corrected chi connectivity index (χ1v) is 9.93. The molecule has 0 aromatic heterocycles. The van der Waals surface area contributed by atoms with Gasteiger partial charge in [-0.2, -0.15) is 0 Å². The van der Waals surface area contributed by atoms with Crippen LogP contribution >= 0.6 is 0 Å². The molecule has 0 radical (unpaired) electrons. The third-order valence-electron chi connectivity index (χ3n) is 5.70. The molecule has 1 saturated heterocycles. The second kappa shape index (κ2) is 8.68. The Kier molecular flexibility index (Phi) is 5.84. The maximum Gasteiger partial charge on any atom is 0.123 e. The fourth-order valence-corrected chi connectivity index (χ4v) is 4.47. The number of hydrogen-bond donors (Lipinski definition) is 1. The van der Waals surface area contributed by atoms with E-state index in [0.29, 0.717) is 6.54 Å². The zero-order valence-corrected chi connectivity index (χ0v) is 15.9. The van der Waals surface area contributed by atoms with Crippen LogP contribution in [0.1, 0.15) is 22.6 Å². The molecule has 0 aliphatic carbocycles. The minimum atomic E-state index is -0.475. The van der Waals surface area contributed by atoms with Gasteiger partial charge in [0.15, 0.2) is 0 Å². The number of likely N-dealkylation sites (tertiary alicyclic amines) is 1. The Morgan fingerprint density at radius 3 is 2.04 bits per heavy atom. The summed E-state index contributed by atoms with van der Waals surface area (Å²) in [5.41, 5.74) is 3.55. The number of β-amino-alcohol motifs (C(OH)–C–C–N with tert-alkyl or cyclic N) is 1. The van der Waals surface area contributed by atoms with Gasteiger partial charge < -0.3 is 5.11 Å². The highest BCUT2D eigenvalue weighted by molar-refractivity contribution is 5.26. The van der Waals surface area contributed by atoms with Crippen LogP contribution in [-0.2, 0) is 13.0 Å². The molecule has 3 unspecified atom stereocenters. The lowest BCUT2D eigenvalue weighted by molar-refractivity contribution is 0.0142. The zero-order valence-electron chi connectivity index (χ0n) is 15.9. The van der Waals surface area contributed by atoms with Crippen LogP contribution in [0.5, 0.6) is 0 Å². The Hall–Kier alpha value is -2.49. The summed E-state index contributed by atoms with van der Waals surface area (Å²) in [5, 5.41) is 11.1. The van der Waals surface area contributed by atoms with Gasteiger partial charge in [-0.1, -0.05) is 72.8 Å². The molecule has 0 amide bonds. The molecular weight excluding hydrogens is 349 g/mol. The van der Waals surface area contributed by atoms with Gasteiger partial charge in [0.2, 0.25) is 0 Å². The summed E-state index contributed by atoms with van der Waals surface area (Å²) < 4.78 is 13.4. The van der Waals surface area contributed by atoms with Crippen LogP contribution in [0, 0.1) is 11.7 Å². The molecule has 3 heteroatoms. The van der Waals surface area contributed by atoms with Crippen molar-refractivity contribution in [2.24, 2.45) is 5.92 Å². The lowest BCUT2D eigenvalue weighted by Gasteiger charge is -2.42. The first-order valence-electron chi connectivity index (χ1n) is 9.93. The number of nitrogens with zero attached hydrogens (tertiary/aromatic N) is 1. The number of benzene rings is 3. The van der Waals surface area contributed by atoms with Crippen molar-refractivity contribution in [1.29, 1.82) is 0 Å². The maximum absolute atomic E-state index is 13.4. The molecule has 2 nitrogen and oxygen atoms in total. The van der Waals surface area contributed by atoms with E-state index in [1.807, 2.05) is 24.3 Å². The topological polar surface area (TPSA) is 23.5 Å². The number of aliphatic hydroxyl groups is 1. The minimum Gasteiger partial charge on any atom is -0.391 e. The van der Waals surface area contributed by atoms with Gasteiger partial charge in [0.25, 0.3) is 0 Å². The molecule has 1 fully saturated rings. The third-order valence-corrected chi connectivity index (χ3v) is 5.70. The molecule has 28 heavy (non-hydrogen) atoms. The summed E-state index contributed by atoms with van der Waals surface area (Å²) in [6.07, 6.45) is 0.419. The molecule has 3 atom stereocenters. The van der Waals surface area contributed by atoms with Gasteiger partial charge >= 0.3 is 0 Å². The summed E-state index contributed by atoms with van der Waals surface area (Å²) in [7, 11) is 0. The van der Waals surface area contributed by atoms with Crippen LogP contribution in [0.4, 0.5) is 4.39 Å². The van der Waals surface area contributed by atoms with Crippen molar-refractivity contribution in [2.45, 2.75) is 25.0 Å². The van der Waals surface area contributed by atoms with Crippen molar-refractivity contribution >= 4 is 0 Å². The number of hydrogen-bond acceptors (Lipinski definition) is 2. The number of rotatable bonds is 5. The van der Waals surface area contributed by atoms with E-state index in [1.165, 1.54) is 23.3 Å². The van der Waals surface area contributed by atoms with E-state index >= 15 is 0 Å². The molecule has 3 aromatic carbocycles. The van der Waals surface area contributed by atoms with Crippen molar-refractivity contribution in [1.82, 2.24) is 4.90 Å². The quantitative estimate of drug-likeness (QED) is 0.702. The fraction of sp³-hybridized carbons (Fsp3) is 0.280. The van der Waals surface area contributed by atoms with Gasteiger partial charge in [-0.25, -0.2) is 4.39 Å². The molecule has 0 bridgehead atoms. The molecule has 1 aliphatic heterocycles. The molecule has 144 valence electrons. The smallest absolute Gasteiger partial charge is 0.123 e.